The van der Waals surface area contributed by atoms with Gasteiger partial charge < -0.3 is 14.8 Å². The van der Waals surface area contributed by atoms with Crippen molar-refractivity contribution >= 4 is 0 Å². The summed E-state index contributed by atoms with van der Waals surface area (Å²) in [6.45, 7) is 12.2. The summed E-state index contributed by atoms with van der Waals surface area (Å²) in [5.41, 5.74) is 0.316. The standard InChI is InChI=1S/C12H27NO2/c1-11(12(2,3)4)13-7-10-15-9-6-8-14-5/h11,13H,6-10H2,1-5H3. The summed E-state index contributed by atoms with van der Waals surface area (Å²) in [5, 5.41) is 3.46. The van der Waals surface area contributed by atoms with E-state index in [1.54, 1.807) is 7.11 Å². The van der Waals surface area contributed by atoms with E-state index in [1.165, 1.54) is 0 Å². The van der Waals surface area contributed by atoms with Gasteiger partial charge >= 0.3 is 0 Å². The molecule has 0 rings (SSSR count). The van der Waals surface area contributed by atoms with E-state index in [9.17, 15) is 0 Å². The van der Waals surface area contributed by atoms with E-state index in [4.69, 9.17) is 9.47 Å². The lowest BCUT2D eigenvalue weighted by molar-refractivity contribution is 0.101. The van der Waals surface area contributed by atoms with Crippen LogP contribution in [-0.2, 0) is 9.47 Å². The second-order valence-electron chi connectivity index (χ2n) is 5.00. The predicted octanol–water partition coefficient (Wildman–Crippen LogP) is 2.06. The van der Waals surface area contributed by atoms with Crippen molar-refractivity contribution < 1.29 is 9.47 Å². The molecule has 0 aliphatic carbocycles. The summed E-state index contributed by atoms with van der Waals surface area (Å²) in [5.74, 6) is 0. The van der Waals surface area contributed by atoms with Gasteiger partial charge in [-0.1, -0.05) is 20.8 Å². The Morgan fingerprint density at radius 2 is 1.80 bits per heavy atom. The molecule has 0 radical (unpaired) electrons. The zero-order chi connectivity index (χ0) is 11.7. The van der Waals surface area contributed by atoms with Crippen molar-refractivity contribution in [2.24, 2.45) is 5.41 Å². The van der Waals surface area contributed by atoms with Gasteiger partial charge in [0.15, 0.2) is 0 Å². The highest BCUT2D eigenvalue weighted by molar-refractivity contribution is 4.75. The number of ether oxygens (including phenoxy) is 2. The van der Waals surface area contributed by atoms with E-state index in [2.05, 4.69) is 33.0 Å². The van der Waals surface area contributed by atoms with Gasteiger partial charge in [0.1, 0.15) is 0 Å². The molecule has 0 aliphatic heterocycles. The van der Waals surface area contributed by atoms with Gasteiger partial charge in [0.25, 0.3) is 0 Å². The molecule has 0 bridgehead atoms. The minimum Gasteiger partial charge on any atom is -0.385 e. The molecular weight excluding hydrogens is 190 g/mol. The van der Waals surface area contributed by atoms with Gasteiger partial charge in [-0.3, -0.25) is 0 Å². The lowest BCUT2D eigenvalue weighted by Gasteiger charge is -2.28. The first-order valence-electron chi connectivity index (χ1n) is 5.78. The van der Waals surface area contributed by atoms with Crippen LogP contribution in [0, 0.1) is 5.41 Å². The average molecular weight is 217 g/mol. The molecule has 92 valence electrons. The van der Waals surface area contributed by atoms with Crippen LogP contribution < -0.4 is 5.32 Å². The van der Waals surface area contributed by atoms with Crippen molar-refractivity contribution in [3.05, 3.63) is 0 Å². The van der Waals surface area contributed by atoms with Gasteiger partial charge in [-0.25, -0.2) is 0 Å². The zero-order valence-electron chi connectivity index (χ0n) is 10.9. The predicted molar refractivity (Wildman–Crippen MR) is 64.2 cm³/mol. The molecule has 0 fully saturated rings. The van der Waals surface area contributed by atoms with E-state index in [1.807, 2.05) is 0 Å². The molecule has 3 nitrogen and oxygen atoms in total. The van der Waals surface area contributed by atoms with Crippen molar-refractivity contribution in [3.8, 4) is 0 Å². The van der Waals surface area contributed by atoms with Gasteiger partial charge in [-0.05, 0) is 18.8 Å². The Balaban J connectivity index is 3.24. The fraction of sp³-hybridized carbons (Fsp3) is 1.00. The number of rotatable bonds is 8. The third-order valence-electron chi connectivity index (χ3n) is 2.63. The molecule has 0 aliphatic rings. The van der Waals surface area contributed by atoms with Crippen LogP contribution in [0.3, 0.4) is 0 Å². The van der Waals surface area contributed by atoms with Gasteiger partial charge in [0, 0.05) is 32.9 Å². The maximum absolute atomic E-state index is 5.46. The lowest BCUT2D eigenvalue weighted by atomic mass is 9.88. The number of nitrogens with one attached hydrogen (secondary N) is 1. The van der Waals surface area contributed by atoms with Crippen LogP contribution >= 0.6 is 0 Å². The molecule has 0 aromatic rings. The first kappa shape index (κ1) is 14.9. The maximum Gasteiger partial charge on any atom is 0.0591 e. The van der Waals surface area contributed by atoms with E-state index < -0.39 is 0 Å². The van der Waals surface area contributed by atoms with Crippen LogP contribution in [0.15, 0.2) is 0 Å². The molecule has 1 unspecified atom stereocenters. The molecule has 3 heteroatoms. The molecule has 1 atom stereocenters. The molecule has 1 N–H and O–H groups in total. The van der Waals surface area contributed by atoms with E-state index in [-0.39, 0.29) is 0 Å². The summed E-state index contributed by atoms with van der Waals surface area (Å²) < 4.78 is 10.4. The van der Waals surface area contributed by atoms with Crippen molar-refractivity contribution in [2.75, 3.05) is 33.5 Å². The minimum atomic E-state index is 0.316. The molecule has 0 aromatic carbocycles. The number of hydrogen-bond acceptors (Lipinski definition) is 3. The van der Waals surface area contributed by atoms with Crippen molar-refractivity contribution in [1.82, 2.24) is 5.32 Å². The fourth-order valence-corrected chi connectivity index (χ4v) is 1.06. The second kappa shape index (κ2) is 8.08. The first-order valence-corrected chi connectivity index (χ1v) is 5.78. The third-order valence-corrected chi connectivity index (χ3v) is 2.63. The zero-order valence-corrected chi connectivity index (χ0v) is 10.9. The van der Waals surface area contributed by atoms with Crippen LogP contribution in [0.5, 0.6) is 0 Å². The Bertz CT molecular complexity index is 143. The van der Waals surface area contributed by atoms with Crippen molar-refractivity contribution in [3.63, 3.8) is 0 Å². The van der Waals surface area contributed by atoms with Gasteiger partial charge in [0.2, 0.25) is 0 Å². The molecule has 0 heterocycles. The number of methoxy groups -OCH3 is 1. The van der Waals surface area contributed by atoms with Crippen molar-refractivity contribution in [1.29, 1.82) is 0 Å². The highest BCUT2D eigenvalue weighted by Gasteiger charge is 2.18. The largest absolute Gasteiger partial charge is 0.385 e. The van der Waals surface area contributed by atoms with E-state index >= 15 is 0 Å². The summed E-state index contributed by atoms with van der Waals surface area (Å²) in [4.78, 5) is 0. The summed E-state index contributed by atoms with van der Waals surface area (Å²) in [6, 6.07) is 0.514. The molecular formula is C12H27NO2. The number of hydrogen-bond donors (Lipinski definition) is 1. The Morgan fingerprint density at radius 1 is 1.13 bits per heavy atom. The SMILES string of the molecule is COCCCOCCNC(C)C(C)(C)C. The fourth-order valence-electron chi connectivity index (χ4n) is 1.06. The minimum absolute atomic E-state index is 0.316. The Morgan fingerprint density at radius 3 is 2.33 bits per heavy atom. The van der Waals surface area contributed by atoms with Crippen LogP contribution in [-0.4, -0.2) is 39.5 Å². The topological polar surface area (TPSA) is 30.5 Å². The monoisotopic (exact) mass is 217 g/mol. The van der Waals surface area contributed by atoms with Crippen LogP contribution in [0.2, 0.25) is 0 Å². The summed E-state index contributed by atoms with van der Waals surface area (Å²) in [6.07, 6.45) is 0.978. The first-order chi connectivity index (χ1) is 6.98. The molecule has 15 heavy (non-hydrogen) atoms. The third kappa shape index (κ3) is 8.85. The van der Waals surface area contributed by atoms with Crippen LogP contribution in [0.1, 0.15) is 34.1 Å². The van der Waals surface area contributed by atoms with Gasteiger partial charge in [-0.2, -0.15) is 0 Å². The Kier molecular flexibility index (Phi) is 8.02. The molecule has 0 saturated carbocycles. The normalized spacial score (nSPS) is 14.2. The molecule has 0 saturated heterocycles. The summed E-state index contributed by atoms with van der Waals surface area (Å²) in [7, 11) is 1.71. The quantitative estimate of drug-likeness (QED) is 0.631. The van der Waals surface area contributed by atoms with E-state index in [0.29, 0.717) is 11.5 Å². The second-order valence-corrected chi connectivity index (χ2v) is 5.00. The molecule has 0 spiro atoms. The van der Waals surface area contributed by atoms with Gasteiger partial charge in [0.05, 0.1) is 6.61 Å². The summed E-state index contributed by atoms with van der Waals surface area (Å²) >= 11 is 0. The maximum atomic E-state index is 5.46. The Hall–Kier alpha value is -0.120. The highest BCUT2D eigenvalue weighted by atomic mass is 16.5. The highest BCUT2D eigenvalue weighted by Crippen LogP contribution is 2.17. The molecule has 0 aromatic heterocycles. The smallest absolute Gasteiger partial charge is 0.0591 e. The molecule has 0 amide bonds. The van der Waals surface area contributed by atoms with E-state index in [0.717, 1.165) is 32.8 Å². The van der Waals surface area contributed by atoms with Gasteiger partial charge in [-0.15, -0.1) is 0 Å². The van der Waals surface area contributed by atoms with Crippen molar-refractivity contribution in [2.45, 2.75) is 40.2 Å². The van der Waals surface area contributed by atoms with Crippen LogP contribution in [0.25, 0.3) is 0 Å². The van der Waals surface area contributed by atoms with Crippen LogP contribution in [0.4, 0.5) is 0 Å². The lowest BCUT2D eigenvalue weighted by Crippen LogP contribution is -2.39. The Labute approximate surface area is 94.5 Å². The average Bonchev–Trinajstić information content (AvgIpc) is 2.14.